The van der Waals surface area contributed by atoms with Crippen LogP contribution in [-0.2, 0) is 11.3 Å². The quantitative estimate of drug-likeness (QED) is 0.120. The van der Waals surface area contributed by atoms with E-state index in [1.807, 2.05) is 41.6 Å². The standard InChI is InChI=1S/C26H18Cl2INO5S/c1-14-3-6-17(7-4-14)25(32)35-23-20(29)10-16(11-21(23)34-2)12-22-24(31)30(26(33)36-22)13-15-5-8-18(27)19(28)9-15/h3-12H,13H2,1-2H3/b22-12-. The summed E-state index contributed by atoms with van der Waals surface area (Å²) in [6.45, 7) is 2.01. The zero-order chi connectivity index (χ0) is 26.0. The lowest BCUT2D eigenvalue weighted by molar-refractivity contribution is -0.123. The van der Waals surface area contributed by atoms with Gasteiger partial charge in [0.05, 0.1) is 37.7 Å². The molecular weight excluding hydrogens is 636 g/mol. The Balaban J connectivity index is 1.56. The van der Waals surface area contributed by atoms with E-state index in [1.54, 1.807) is 48.5 Å². The maximum atomic E-state index is 13.0. The van der Waals surface area contributed by atoms with Gasteiger partial charge in [-0.1, -0.05) is 47.0 Å². The van der Waals surface area contributed by atoms with Crippen LogP contribution in [0.15, 0.2) is 59.5 Å². The number of benzene rings is 3. The number of imide groups is 1. The number of hydrogen-bond acceptors (Lipinski definition) is 6. The Labute approximate surface area is 235 Å². The summed E-state index contributed by atoms with van der Waals surface area (Å²) < 4.78 is 11.7. The summed E-state index contributed by atoms with van der Waals surface area (Å²) in [6.07, 6.45) is 1.61. The highest BCUT2D eigenvalue weighted by Crippen LogP contribution is 2.38. The summed E-state index contributed by atoms with van der Waals surface area (Å²) >= 11 is 14.9. The van der Waals surface area contributed by atoms with Gasteiger partial charge in [0.1, 0.15) is 0 Å². The largest absolute Gasteiger partial charge is 0.493 e. The van der Waals surface area contributed by atoms with E-state index in [0.29, 0.717) is 36.1 Å². The van der Waals surface area contributed by atoms with E-state index in [-0.39, 0.29) is 22.4 Å². The number of aryl methyl sites for hydroxylation is 1. The fourth-order valence-electron chi connectivity index (χ4n) is 3.37. The minimum atomic E-state index is -0.512. The van der Waals surface area contributed by atoms with Crippen LogP contribution in [0.1, 0.15) is 27.0 Å². The van der Waals surface area contributed by atoms with E-state index in [4.69, 9.17) is 32.7 Å². The molecule has 1 heterocycles. The van der Waals surface area contributed by atoms with Crippen molar-refractivity contribution in [1.29, 1.82) is 0 Å². The number of methoxy groups -OCH3 is 1. The Bertz CT molecular complexity index is 1410. The third kappa shape index (κ3) is 5.88. The third-order valence-electron chi connectivity index (χ3n) is 5.23. The molecule has 0 N–H and O–H groups in total. The molecule has 0 aromatic heterocycles. The molecule has 2 amide bonds. The Hall–Kier alpha value is -2.53. The van der Waals surface area contributed by atoms with Crippen molar-refractivity contribution in [2.45, 2.75) is 13.5 Å². The van der Waals surface area contributed by atoms with E-state index in [2.05, 4.69) is 0 Å². The fourth-order valence-corrected chi connectivity index (χ4v) is 5.27. The van der Waals surface area contributed by atoms with Crippen molar-refractivity contribution in [3.63, 3.8) is 0 Å². The number of rotatable bonds is 6. The van der Waals surface area contributed by atoms with Crippen molar-refractivity contribution in [2.24, 2.45) is 0 Å². The maximum absolute atomic E-state index is 13.0. The van der Waals surface area contributed by atoms with Crippen molar-refractivity contribution < 1.29 is 23.9 Å². The van der Waals surface area contributed by atoms with Gasteiger partial charge in [-0.25, -0.2) is 4.79 Å². The van der Waals surface area contributed by atoms with Crippen LogP contribution in [0, 0.1) is 10.5 Å². The molecule has 184 valence electrons. The first kappa shape index (κ1) is 26.5. The molecule has 1 aliphatic rings. The average Bonchev–Trinajstić information content (AvgIpc) is 3.10. The molecule has 1 aliphatic heterocycles. The molecule has 0 bridgehead atoms. The number of amides is 2. The molecule has 1 fully saturated rings. The molecule has 1 saturated heterocycles. The molecule has 3 aromatic carbocycles. The van der Waals surface area contributed by atoms with E-state index >= 15 is 0 Å². The maximum Gasteiger partial charge on any atom is 0.343 e. The first-order valence-corrected chi connectivity index (χ1v) is 13.2. The number of hydrogen-bond donors (Lipinski definition) is 0. The molecule has 10 heteroatoms. The molecule has 0 unspecified atom stereocenters. The number of carbonyl (C=O) groups is 3. The van der Waals surface area contributed by atoms with Crippen LogP contribution in [0.25, 0.3) is 6.08 Å². The minimum absolute atomic E-state index is 0.0770. The lowest BCUT2D eigenvalue weighted by Crippen LogP contribution is -2.27. The molecule has 6 nitrogen and oxygen atoms in total. The van der Waals surface area contributed by atoms with Gasteiger partial charge in [0.15, 0.2) is 11.5 Å². The van der Waals surface area contributed by atoms with E-state index in [1.165, 1.54) is 7.11 Å². The van der Waals surface area contributed by atoms with Crippen LogP contribution in [0.3, 0.4) is 0 Å². The SMILES string of the molecule is COc1cc(/C=C2\SC(=O)N(Cc3ccc(Cl)c(Cl)c3)C2=O)cc(I)c1OC(=O)c1ccc(C)cc1. The highest BCUT2D eigenvalue weighted by atomic mass is 127. The van der Waals surface area contributed by atoms with Crippen molar-refractivity contribution in [3.8, 4) is 11.5 Å². The third-order valence-corrected chi connectivity index (χ3v) is 7.68. The lowest BCUT2D eigenvalue weighted by atomic mass is 10.1. The number of halogens is 3. The highest BCUT2D eigenvalue weighted by molar-refractivity contribution is 14.1. The second kappa shape index (κ2) is 11.2. The van der Waals surface area contributed by atoms with Gasteiger partial charge in [-0.3, -0.25) is 14.5 Å². The van der Waals surface area contributed by atoms with Crippen molar-refractivity contribution in [2.75, 3.05) is 7.11 Å². The second-order valence-electron chi connectivity index (χ2n) is 7.81. The summed E-state index contributed by atoms with van der Waals surface area (Å²) in [4.78, 5) is 39.5. The van der Waals surface area contributed by atoms with Gasteiger partial charge in [0.25, 0.3) is 11.1 Å². The monoisotopic (exact) mass is 653 g/mol. The number of esters is 1. The molecule has 36 heavy (non-hydrogen) atoms. The van der Waals surface area contributed by atoms with Gasteiger partial charge in [0, 0.05) is 0 Å². The van der Waals surface area contributed by atoms with Crippen molar-refractivity contribution in [1.82, 2.24) is 4.90 Å². The van der Waals surface area contributed by atoms with Crippen molar-refractivity contribution in [3.05, 3.63) is 95.4 Å². The van der Waals surface area contributed by atoms with E-state index < -0.39 is 11.9 Å². The zero-order valence-electron chi connectivity index (χ0n) is 19.0. The van der Waals surface area contributed by atoms with E-state index in [9.17, 15) is 14.4 Å². The summed E-state index contributed by atoms with van der Waals surface area (Å²) in [5.41, 5.74) is 2.75. The normalized spacial score (nSPS) is 14.5. The first-order chi connectivity index (χ1) is 17.2. The molecule has 3 aromatic rings. The van der Waals surface area contributed by atoms with E-state index in [0.717, 1.165) is 22.2 Å². The van der Waals surface area contributed by atoms with Gasteiger partial charge < -0.3 is 9.47 Å². The number of ether oxygens (including phenoxy) is 2. The first-order valence-electron chi connectivity index (χ1n) is 10.5. The van der Waals surface area contributed by atoms with Crippen LogP contribution in [0.4, 0.5) is 4.79 Å². The van der Waals surface area contributed by atoms with Gasteiger partial charge in [-0.15, -0.1) is 0 Å². The molecule has 0 saturated carbocycles. The number of nitrogens with zero attached hydrogens (tertiary/aromatic N) is 1. The second-order valence-corrected chi connectivity index (χ2v) is 10.8. The highest BCUT2D eigenvalue weighted by Gasteiger charge is 2.35. The molecule has 0 spiro atoms. The zero-order valence-corrected chi connectivity index (χ0v) is 23.5. The minimum Gasteiger partial charge on any atom is -0.493 e. The Morgan fingerprint density at radius 1 is 1.06 bits per heavy atom. The summed E-state index contributed by atoms with van der Waals surface area (Å²) in [7, 11) is 1.46. The van der Waals surface area contributed by atoms with Gasteiger partial charge in [-0.05, 0) is 94.9 Å². The van der Waals surface area contributed by atoms with Crippen LogP contribution < -0.4 is 9.47 Å². The average molecular weight is 654 g/mol. The Morgan fingerprint density at radius 3 is 2.44 bits per heavy atom. The predicted molar refractivity (Wildman–Crippen MR) is 150 cm³/mol. The fraction of sp³-hybridized carbons (Fsp3) is 0.115. The smallest absolute Gasteiger partial charge is 0.343 e. The van der Waals surface area contributed by atoms with Gasteiger partial charge in [0.2, 0.25) is 0 Å². The molecular formula is C26H18Cl2INO5S. The number of thioether (sulfide) groups is 1. The molecule has 0 radical (unpaired) electrons. The summed E-state index contributed by atoms with van der Waals surface area (Å²) in [5.74, 6) is -0.334. The van der Waals surface area contributed by atoms with Crippen LogP contribution in [0.2, 0.25) is 10.0 Å². The molecule has 0 aliphatic carbocycles. The topological polar surface area (TPSA) is 72.9 Å². The Morgan fingerprint density at radius 2 is 1.78 bits per heavy atom. The summed E-state index contributed by atoms with van der Waals surface area (Å²) in [6, 6.07) is 15.4. The van der Waals surface area contributed by atoms with Crippen LogP contribution in [-0.4, -0.2) is 29.1 Å². The van der Waals surface area contributed by atoms with Crippen molar-refractivity contribution >= 4 is 80.7 Å². The van der Waals surface area contributed by atoms with Crippen LogP contribution in [0.5, 0.6) is 11.5 Å². The lowest BCUT2D eigenvalue weighted by Gasteiger charge is -2.13. The molecule has 0 atom stereocenters. The van der Waals surface area contributed by atoms with Crippen LogP contribution >= 0.6 is 57.6 Å². The molecule has 4 rings (SSSR count). The summed E-state index contributed by atoms with van der Waals surface area (Å²) in [5, 5.41) is 0.357. The number of carbonyl (C=O) groups excluding carboxylic acids is 3. The van der Waals surface area contributed by atoms with Gasteiger partial charge >= 0.3 is 5.97 Å². The Kier molecular flexibility index (Phi) is 8.29. The van der Waals surface area contributed by atoms with Gasteiger partial charge in [-0.2, -0.15) is 0 Å². The predicted octanol–water partition coefficient (Wildman–Crippen LogP) is 7.37.